The number of rotatable bonds is 4. The van der Waals surface area contributed by atoms with E-state index in [0.717, 1.165) is 28.8 Å². The van der Waals surface area contributed by atoms with Crippen molar-refractivity contribution >= 4 is 17.0 Å². The highest BCUT2D eigenvalue weighted by molar-refractivity contribution is 5.79. The number of fused-ring (bicyclic) bond motifs is 1. The molecule has 176 valence electrons. The second-order valence-corrected chi connectivity index (χ2v) is 8.40. The highest BCUT2D eigenvalue weighted by atomic mass is 19.4. The van der Waals surface area contributed by atoms with Crippen LogP contribution in [0, 0.1) is 5.82 Å². The van der Waals surface area contributed by atoms with E-state index in [9.17, 15) is 27.2 Å². The summed E-state index contributed by atoms with van der Waals surface area (Å²) in [6.07, 6.45) is -5.22. The van der Waals surface area contributed by atoms with Crippen LogP contribution in [0.2, 0.25) is 0 Å². The van der Waals surface area contributed by atoms with Gasteiger partial charge in [0.15, 0.2) is 0 Å². The Kier molecular flexibility index (Phi) is 6.49. The molecule has 10 heteroatoms. The van der Waals surface area contributed by atoms with E-state index in [1.807, 2.05) is 0 Å². The number of hydrogen-bond donors (Lipinski definition) is 1. The van der Waals surface area contributed by atoms with Gasteiger partial charge in [0, 0.05) is 0 Å². The van der Waals surface area contributed by atoms with E-state index in [0.29, 0.717) is 0 Å². The van der Waals surface area contributed by atoms with Crippen molar-refractivity contribution in [1.82, 2.24) is 14.9 Å². The number of alkyl halides is 3. The summed E-state index contributed by atoms with van der Waals surface area (Å²) in [7, 11) is 0. The Bertz CT molecular complexity index is 1250. The Morgan fingerprint density at radius 3 is 2.42 bits per heavy atom. The number of halogens is 4. The standard InChI is InChI=1S/C23H23F4N3O3/c1-5-16(29-21(32)33-22(2,3)4)19-28-17-11-7-10-15(24)18(17)20(31)30(19)14-9-6-8-13(12-14)23(25,26)27/h6-12,16H,5H2,1-4H3,(H,29,32). The number of alkyl carbamates (subject to hydrolysis) is 1. The first kappa shape index (κ1) is 24.2. The molecule has 0 bridgehead atoms. The summed E-state index contributed by atoms with van der Waals surface area (Å²) in [4.78, 5) is 30.1. The average Bonchev–Trinajstić information content (AvgIpc) is 2.70. The first-order valence-corrected chi connectivity index (χ1v) is 10.2. The van der Waals surface area contributed by atoms with Crippen LogP contribution in [0.25, 0.3) is 16.6 Å². The van der Waals surface area contributed by atoms with Gasteiger partial charge in [-0.3, -0.25) is 9.36 Å². The molecule has 3 rings (SSSR count). The van der Waals surface area contributed by atoms with Gasteiger partial charge in [-0.25, -0.2) is 14.2 Å². The highest BCUT2D eigenvalue weighted by Crippen LogP contribution is 2.31. The normalized spacial score (nSPS) is 13.1. The molecule has 0 aliphatic carbocycles. The average molecular weight is 465 g/mol. The molecule has 1 unspecified atom stereocenters. The zero-order valence-corrected chi connectivity index (χ0v) is 18.5. The van der Waals surface area contributed by atoms with Gasteiger partial charge in [-0.1, -0.05) is 19.1 Å². The van der Waals surface area contributed by atoms with Crippen molar-refractivity contribution in [3.05, 3.63) is 70.0 Å². The van der Waals surface area contributed by atoms with Crippen molar-refractivity contribution in [2.24, 2.45) is 0 Å². The number of hydrogen-bond acceptors (Lipinski definition) is 4. The topological polar surface area (TPSA) is 73.2 Å². The molecule has 6 nitrogen and oxygen atoms in total. The van der Waals surface area contributed by atoms with E-state index in [1.165, 1.54) is 18.2 Å². The Hall–Kier alpha value is -3.43. The van der Waals surface area contributed by atoms with Crippen LogP contribution in [0.15, 0.2) is 47.3 Å². The SMILES string of the molecule is CCC(NC(=O)OC(C)(C)C)c1nc2cccc(F)c2c(=O)n1-c1cccc(C(F)(F)F)c1. The van der Waals surface area contributed by atoms with Gasteiger partial charge in [0.25, 0.3) is 5.56 Å². The first-order valence-electron chi connectivity index (χ1n) is 10.2. The molecule has 3 aromatic rings. The van der Waals surface area contributed by atoms with Crippen LogP contribution >= 0.6 is 0 Å². The van der Waals surface area contributed by atoms with E-state index >= 15 is 0 Å². The fraction of sp³-hybridized carbons (Fsp3) is 0.348. The Morgan fingerprint density at radius 1 is 1.15 bits per heavy atom. The zero-order valence-electron chi connectivity index (χ0n) is 18.5. The van der Waals surface area contributed by atoms with Crippen molar-refractivity contribution in [1.29, 1.82) is 0 Å². The number of nitrogens with zero attached hydrogens (tertiary/aromatic N) is 2. The molecule has 0 aliphatic rings. The van der Waals surface area contributed by atoms with Crippen LogP contribution in [0.5, 0.6) is 0 Å². The lowest BCUT2D eigenvalue weighted by Crippen LogP contribution is -2.38. The van der Waals surface area contributed by atoms with Gasteiger partial charge in [-0.15, -0.1) is 0 Å². The molecular weight excluding hydrogens is 442 g/mol. The summed E-state index contributed by atoms with van der Waals surface area (Å²) in [5.74, 6) is -0.906. The smallest absolute Gasteiger partial charge is 0.416 e. The van der Waals surface area contributed by atoms with Crippen molar-refractivity contribution in [2.75, 3.05) is 0 Å². The maximum Gasteiger partial charge on any atom is 0.416 e. The highest BCUT2D eigenvalue weighted by Gasteiger charge is 2.31. The third-order valence-electron chi connectivity index (χ3n) is 4.72. The predicted octanol–water partition coefficient (Wildman–Crippen LogP) is 5.52. The summed E-state index contributed by atoms with van der Waals surface area (Å²) in [6.45, 7) is 6.70. The minimum atomic E-state index is -4.66. The number of aromatic nitrogens is 2. The maximum atomic E-state index is 14.5. The summed E-state index contributed by atoms with van der Waals surface area (Å²) < 4.78 is 60.6. The monoisotopic (exact) mass is 465 g/mol. The van der Waals surface area contributed by atoms with Gasteiger partial charge in [-0.2, -0.15) is 13.2 Å². The quantitative estimate of drug-likeness (QED) is 0.515. The van der Waals surface area contributed by atoms with Crippen molar-refractivity contribution in [3.63, 3.8) is 0 Å². The van der Waals surface area contributed by atoms with Gasteiger partial charge >= 0.3 is 12.3 Å². The third-order valence-corrected chi connectivity index (χ3v) is 4.72. The largest absolute Gasteiger partial charge is 0.444 e. The molecule has 1 atom stereocenters. The van der Waals surface area contributed by atoms with Crippen LogP contribution in [0.3, 0.4) is 0 Å². The molecule has 0 aliphatic heterocycles. The van der Waals surface area contributed by atoms with E-state index in [1.54, 1.807) is 27.7 Å². The van der Waals surface area contributed by atoms with Gasteiger partial charge in [0.1, 0.15) is 22.6 Å². The van der Waals surface area contributed by atoms with Crippen LogP contribution in [-0.4, -0.2) is 21.2 Å². The minimum Gasteiger partial charge on any atom is -0.444 e. The van der Waals surface area contributed by atoms with E-state index in [-0.39, 0.29) is 28.8 Å². The van der Waals surface area contributed by atoms with Crippen LogP contribution in [0.1, 0.15) is 51.5 Å². The second kappa shape index (κ2) is 8.84. The first-order chi connectivity index (χ1) is 15.3. The lowest BCUT2D eigenvalue weighted by Gasteiger charge is -2.25. The van der Waals surface area contributed by atoms with Gasteiger partial charge in [0.05, 0.1) is 22.8 Å². The Labute approximate surface area is 187 Å². The van der Waals surface area contributed by atoms with Gasteiger partial charge < -0.3 is 10.1 Å². The number of benzene rings is 2. The van der Waals surface area contributed by atoms with E-state index in [2.05, 4.69) is 10.3 Å². The van der Waals surface area contributed by atoms with Crippen LogP contribution in [0.4, 0.5) is 22.4 Å². The molecule has 1 amide bonds. The maximum absolute atomic E-state index is 14.5. The fourth-order valence-corrected chi connectivity index (χ4v) is 3.31. The number of nitrogens with one attached hydrogen (secondary N) is 1. The minimum absolute atomic E-state index is 0.0164. The van der Waals surface area contributed by atoms with Crippen molar-refractivity contribution < 1.29 is 27.1 Å². The molecule has 1 heterocycles. The molecule has 33 heavy (non-hydrogen) atoms. The molecule has 1 aromatic heterocycles. The fourth-order valence-electron chi connectivity index (χ4n) is 3.31. The molecular formula is C23H23F4N3O3. The lowest BCUT2D eigenvalue weighted by atomic mass is 10.1. The number of carbonyl (C=O) groups excluding carboxylic acids is 1. The predicted molar refractivity (Wildman–Crippen MR) is 115 cm³/mol. The third kappa shape index (κ3) is 5.32. The summed E-state index contributed by atoms with van der Waals surface area (Å²) >= 11 is 0. The Balaban J connectivity index is 2.26. The molecule has 0 saturated heterocycles. The van der Waals surface area contributed by atoms with Gasteiger partial charge in [-0.05, 0) is 57.5 Å². The Morgan fingerprint density at radius 2 is 1.82 bits per heavy atom. The molecule has 2 aromatic carbocycles. The van der Waals surface area contributed by atoms with E-state index in [4.69, 9.17) is 4.74 Å². The molecule has 0 spiro atoms. The summed E-state index contributed by atoms with van der Waals surface area (Å²) in [5, 5.41) is 2.23. The second-order valence-electron chi connectivity index (χ2n) is 8.40. The molecule has 1 N–H and O–H groups in total. The molecule has 0 saturated carbocycles. The summed E-state index contributed by atoms with van der Waals surface area (Å²) in [5.41, 5.74) is -2.82. The zero-order chi connectivity index (χ0) is 24.6. The van der Waals surface area contributed by atoms with Crippen molar-refractivity contribution in [2.45, 2.75) is 51.9 Å². The van der Waals surface area contributed by atoms with Crippen molar-refractivity contribution in [3.8, 4) is 5.69 Å². The number of ether oxygens (including phenoxy) is 1. The summed E-state index contributed by atoms with van der Waals surface area (Å²) in [6, 6.07) is 7.01. The van der Waals surface area contributed by atoms with Crippen LogP contribution < -0.4 is 10.9 Å². The molecule has 0 radical (unpaired) electrons. The number of amides is 1. The number of carbonyl (C=O) groups is 1. The lowest BCUT2D eigenvalue weighted by molar-refractivity contribution is -0.137. The van der Waals surface area contributed by atoms with Crippen LogP contribution in [-0.2, 0) is 10.9 Å². The molecule has 0 fully saturated rings. The van der Waals surface area contributed by atoms with E-state index < -0.39 is 40.9 Å². The van der Waals surface area contributed by atoms with Gasteiger partial charge in [0.2, 0.25) is 0 Å².